The van der Waals surface area contributed by atoms with Gasteiger partial charge in [0.25, 0.3) is 0 Å². The van der Waals surface area contributed by atoms with Crippen molar-refractivity contribution < 1.29 is 14.3 Å². The van der Waals surface area contributed by atoms with Gasteiger partial charge in [-0.3, -0.25) is 4.98 Å². The van der Waals surface area contributed by atoms with Crippen molar-refractivity contribution in [2.24, 2.45) is 0 Å². The molecule has 2 heterocycles. The smallest absolute Gasteiger partial charge is 0.335 e. The first-order chi connectivity index (χ1) is 13.0. The molecule has 2 aromatic carbocycles. The first-order valence-electron chi connectivity index (χ1n) is 8.94. The van der Waals surface area contributed by atoms with E-state index >= 15 is 0 Å². The average Bonchev–Trinajstić information content (AvgIpc) is 2.68. The van der Waals surface area contributed by atoms with Gasteiger partial charge in [-0.05, 0) is 42.8 Å². The van der Waals surface area contributed by atoms with Crippen LogP contribution < -0.4 is 10.2 Å². The quantitative estimate of drug-likeness (QED) is 0.743. The van der Waals surface area contributed by atoms with E-state index in [1.54, 1.807) is 30.3 Å². The van der Waals surface area contributed by atoms with Crippen molar-refractivity contribution in [1.29, 1.82) is 0 Å². The zero-order valence-corrected chi connectivity index (χ0v) is 14.9. The van der Waals surface area contributed by atoms with Crippen LogP contribution in [0.15, 0.2) is 48.7 Å². The summed E-state index contributed by atoms with van der Waals surface area (Å²) in [5.74, 6) is -1.29. The Labute approximate surface area is 156 Å². The molecule has 27 heavy (non-hydrogen) atoms. The van der Waals surface area contributed by atoms with Gasteiger partial charge < -0.3 is 15.3 Å². The predicted molar refractivity (Wildman–Crippen MR) is 104 cm³/mol. The lowest BCUT2D eigenvalue weighted by Gasteiger charge is -2.37. The average molecular weight is 365 g/mol. The Kier molecular flexibility index (Phi) is 4.49. The summed E-state index contributed by atoms with van der Waals surface area (Å²) in [5, 5.41) is 13.5. The summed E-state index contributed by atoms with van der Waals surface area (Å²) < 4.78 is 13.5. The molecule has 0 saturated carbocycles. The molecule has 1 aromatic heterocycles. The van der Waals surface area contributed by atoms with Gasteiger partial charge in [0.2, 0.25) is 0 Å². The minimum absolute atomic E-state index is 0.207. The maximum atomic E-state index is 13.5. The topological polar surface area (TPSA) is 65.5 Å². The Morgan fingerprint density at radius 3 is 2.74 bits per heavy atom. The van der Waals surface area contributed by atoms with Crippen LogP contribution in [0.2, 0.25) is 0 Å². The highest BCUT2D eigenvalue weighted by atomic mass is 19.1. The van der Waals surface area contributed by atoms with Crippen LogP contribution in [0.25, 0.3) is 22.0 Å². The van der Waals surface area contributed by atoms with E-state index in [0.29, 0.717) is 5.52 Å². The summed E-state index contributed by atoms with van der Waals surface area (Å²) >= 11 is 0. The number of aromatic carboxylic acids is 1. The fraction of sp³-hybridized carbons (Fsp3) is 0.238. The molecular weight excluding hydrogens is 345 g/mol. The SMILES string of the molecule is C[C@H]1CNCCN1c1cnc2ccc(C(=O)O)cc2c1-c1ccc(F)cc1. The molecule has 0 bridgehead atoms. The lowest BCUT2D eigenvalue weighted by atomic mass is 9.96. The lowest BCUT2D eigenvalue weighted by molar-refractivity contribution is 0.0697. The summed E-state index contributed by atoms with van der Waals surface area (Å²) in [6, 6.07) is 11.5. The van der Waals surface area contributed by atoms with Crippen LogP contribution in [-0.2, 0) is 0 Å². The normalized spacial score (nSPS) is 17.3. The fourth-order valence-electron chi connectivity index (χ4n) is 3.65. The van der Waals surface area contributed by atoms with Crippen molar-refractivity contribution in [3.05, 3.63) is 60.0 Å². The third-order valence-corrected chi connectivity index (χ3v) is 5.04. The van der Waals surface area contributed by atoms with Gasteiger partial charge in [-0.2, -0.15) is 0 Å². The van der Waals surface area contributed by atoms with Crippen molar-refractivity contribution >= 4 is 22.6 Å². The van der Waals surface area contributed by atoms with Gasteiger partial charge in [-0.15, -0.1) is 0 Å². The van der Waals surface area contributed by atoms with Crippen LogP contribution in [0.5, 0.6) is 0 Å². The van der Waals surface area contributed by atoms with Gasteiger partial charge in [-0.1, -0.05) is 12.1 Å². The van der Waals surface area contributed by atoms with Crippen LogP contribution in [0.1, 0.15) is 17.3 Å². The van der Waals surface area contributed by atoms with Crippen LogP contribution in [0.3, 0.4) is 0 Å². The van der Waals surface area contributed by atoms with Gasteiger partial charge in [-0.25, -0.2) is 9.18 Å². The number of benzene rings is 2. The van der Waals surface area contributed by atoms with Crippen molar-refractivity contribution in [3.8, 4) is 11.1 Å². The molecule has 1 aliphatic rings. The van der Waals surface area contributed by atoms with Crippen LogP contribution >= 0.6 is 0 Å². The number of carboxylic acids is 1. The third kappa shape index (κ3) is 3.24. The Morgan fingerprint density at radius 2 is 2.04 bits per heavy atom. The van der Waals surface area contributed by atoms with E-state index in [1.807, 2.05) is 6.20 Å². The number of carboxylic acid groups (broad SMARTS) is 1. The summed E-state index contributed by atoms with van der Waals surface area (Å²) in [5.41, 5.74) is 3.58. The summed E-state index contributed by atoms with van der Waals surface area (Å²) in [7, 11) is 0. The zero-order chi connectivity index (χ0) is 19.0. The number of nitrogens with zero attached hydrogens (tertiary/aromatic N) is 2. The van der Waals surface area contributed by atoms with Crippen molar-refractivity contribution in [2.75, 3.05) is 24.5 Å². The Bertz CT molecular complexity index is 1000. The molecule has 0 spiro atoms. The monoisotopic (exact) mass is 365 g/mol. The molecule has 5 nitrogen and oxygen atoms in total. The van der Waals surface area contributed by atoms with E-state index in [1.165, 1.54) is 12.1 Å². The summed E-state index contributed by atoms with van der Waals surface area (Å²) in [6.45, 7) is 4.68. The van der Waals surface area contributed by atoms with Crippen LogP contribution in [-0.4, -0.2) is 41.7 Å². The molecule has 4 rings (SSSR count). The number of fused-ring (bicyclic) bond motifs is 1. The number of hydrogen-bond acceptors (Lipinski definition) is 4. The minimum atomic E-state index is -0.983. The van der Waals surface area contributed by atoms with Gasteiger partial charge in [0.15, 0.2) is 0 Å². The Morgan fingerprint density at radius 1 is 1.26 bits per heavy atom. The molecule has 0 unspecified atom stereocenters. The third-order valence-electron chi connectivity index (χ3n) is 5.04. The molecule has 6 heteroatoms. The number of halogens is 1. The van der Waals surface area contributed by atoms with E-state index in [2.05, 4.69) is 22.1 Å². The number of carbonyl (C=O) groups is 1. The molecule has 2 N–H and O–H groups in total. The molecule has 1 aliphatic heterocycles. The highest BCUT2D eigenvalue weighted by Gasteiger charge is 2.23. The van der Waals surface area contributed by atoms with Crippen LogP contribution in [0.4, 0.5) is 10.1 Å². The highest BCUT2D eigenvalue weighted by molar-refractivity contribution is 6.04. The second-order valence-corrected chi connectivity index (χ2v) is 6.81. The van der Waals surface area contributed by atoms with E-state index in [0.717, 1.165) is 41.8 Å². The lowest BCUT2D eigenvalue weighted by Crippen LogP contribution is -2.50. The van der Waals surface area contributed by atoms with Crippen molar-refractivity contribution in [2.45, 2.75) is 13.0 Å². The summed E-state index contributed by atoms with van der Waals surface area (Å²) in [4.78, 5) is 18.3. The fourth-order valence-corrected chi connectivity index (χ4v) is 3.65. The standard InChI is InChI=1S/C21H20FN3O2/c1-13-11-23-8-9-25(13)19-12-24-18-7-4-15(21(26)27)10-17(18)20(19)14-2-5-16(22)6-3-14/h2-7,10,12-13,23H,8-9,11H2,1H3,(H,26,27)/t13-/m0/s1. The van der Waals surface area contributed by atoms with Crippen molar-refractivity contribution in [3.63, 3.8) is 0 Å². The number of hydrogen-bond donors (Lipinski definition) is 2. The molecular formula is C21H20FN3O2. The van der Waals surface area contributed by atoms with Gasteiger partial charge in [0, 0.05) is 36.6 Å². The zero-order valence-electron chi connectivity index (χ0n) is 14.9. The van der Waals surface area contributed by atoms with Gasteiger partial charge >= 0.3 is 5.97 Å². The maximum Gasteiger partial charge on any atom is 0.335 e. The van der Waals surface area contributed by atoms with E-state index < -0.39 is 5.97 Å². The van der Waals surface area contributed by atoms with Gasteiger partial charge in [0.1, 0.15) is 5.82 Å². The second kappa shape index (κ2) is 6.96. The molecule has 1 saturated heterocycles. The summed E-state index contributed by atoms with van der Waals surface area (Å²) in [6.07, 6.45) is 1.84. The van der Waals surface area contributed by atoms with E-state index in [4.69, 9.17) is 0 Å². The first kappa shape index (κ1) is 17.4. The molecule has 1 atom stereocenters. The first-order valence-corrected chi connectivity index (χ1v) is 8.94. The largest absolute Gasteiger partial charge is 0.478 e. The molecule has 0 amide bonds. The maximum absolute atomic E-state index is 13.5. The molecule has 0 aliphatic carbocycles. The van der Waals surface area contributed by atoms with Crippen molar-refractivity contribution in [1.82, 2.24) is 10.3 Å². The predicted octanol–water partition coefficient (Wildman–Crippen LogP) is 3.54. The van der Waals surface area contributed by atoms with E-state index in [-0.39, 0.29) is 17.4 Å². The number of nitrogens with one attached hydrogen (secondary N) is 1. The molecule has 0 radical (unpaired) electrons. The van der Waals surface area contributed by atoms with Crippen LogP contribution in [0, 0.1) is 5.82 Å². The number of anilines is 1. The molecule has 1 fully saturated rings. The number of rotatable bonds is 3. The van der Waals surface area contributed by atoms with E-state index in [9.17, 15) is 14.3 Å². The second-order valence-electron chi connectivity index (χ2n) is 6.81. The number of piperazine rings is 1. The minimum Gasteiger partial charge on any atom is -0.478 e. The number of pyridine rings is 1. The Balaban J connectivity index is 2.00. The molecule has 138 valence electrons. The van der Waals surface area contributed by atoms with Gasteiger partial charge in [0.05, 0.1) is 23.0 Å². The highest BCUT2D eigenvalue weighted by Crippen LogP contribution is 2.38. The molecule has 3 aromatic rings. The Hall–Kier alpha value is -2.99. The number of aromatic nitrogens is 1.